The van der Waals surface area contributed by atoms with E-state index in [1.165, 1.54) is 6.07 Å². The molecule has 0 unspecified atom stereocenters. The number of carbonyl (C=O) groups excluding carboxylic acids is 1. The Kier molecular flexibility index (Phi) is 3.33. The van der Waals surface area contributed by atoms with Crippen LogP contribution in [0.5, 0.6) is 5.75 Å². The number of nitrogens with one attached hydrogen (secondary N) is 1. The van der Waals surface area contributed by atoms with Crippen LogP contribution in [0.3, 0.4) is 0 Å². The van der Waals surface area contributed by atoms with Gasteiger partial charge in [0.15, 0.2) is 0 Å². The van der Waals surface area contributed by atoms with Crippen molar-refractivity contribution in [1.29, 1.82) is 0 Å². The fraction of sp³-hybridized carbons (Fsp3) is 0.462. The summed E-state index contributed by atoms with van der Waals surface area (Å²) in [6.45, 7) is 3.38. The third kappa shape index (κ3) is 2.97. The maximum Gasteiger partial charge on any atom is 0.251 e. The minimum atomic E-state index is -0.208. The van der Waals surface area contributed by atoms with Gasteiger partial charge in [0, 0.05) is 24.3 Å². The van der Waals surface area contributed by atoms with E-state index in [-0.39, 0.29) is 17.2 Å². The number of rotatable bonds is 2. The molecule has 92 valence electrons. The molecule has 1 saturated heterocycles. The average molecular weight is 235 g/mol. The highest BCUT2D eigenvalue weighted by Gasteiger charge is 2.29. The molecule has 1 heterocycles. The highest BCUT2D eigenvalue weighted by molar-refractivity contribution is 5.95. The van der Waals surface area contributed by atoms with E-state index in [1.54, 1.807) is 18.2 Å². The normalized spacial score (nSPS) is 18.6. The summed E-state index contributed by atoms with van der Waals surface area (Å²) in [6, 6.07) is 6.37. The lowest BCUT2D eigenvalue weighted by Gasteiger charge is -2.34. The van der Waals surface area contributed by atoms with Crippen molar-refractivity contribution in [3.63, 3.8) is 0 Å². The molecule has 0 aromatic heterocycles. The van der Waals surface area contributed by atoms with E-state index in [0.29, 0.717) is 18.8 Å². The Labute approximate surface area is 101 Å². The molecule has 0 bridgehead atoms. The fourth-order valence-electron chi connectivity index (χ4n) is 1.94. The van der Waals surface area contributed by atoms with E-state index in [0.717, 1.165) is 12.8 Å². The summed E-state index contributed by atoms with van der Waals surface area (Å²) in [5, 5.41) is 12.3. The van der Waals surface area contributed by atoms with E-state index in [2.05, 4.69) is 5.32 Å². The first-order valence-corrected chi connectivity index (χ1v) is 5.78. The largest absolute Gasteiger partial charge is 0.508 e. The van der Waals surface area contributed by atoms with Crippen molar-refractivity contribution in [2.24, 2.45) is 0 Å². The van der Waals surface area contributed by atoms with Gasteiger partial charge in [-0.1, -0.05) is 6.07 Å². The number of carbonyl (C=O) groups is 1. The first kappa shape index (κ1) is 11.9. The summed E-state index contributed by atoms with van der Waals surface area (Å²) in [7, 11) is 0. The molecule has 1 aromatic rings. The molecule has 2 rings (SSSR count). The predicted molar refractivity (Wildman–Crippen MR) is 64.0 cm³/mol. The van der Waals surface area contributed by atoms with E-state index >= 15 is 0 Å². The molecule has 4 nitrogen and oxygen atoms in total. The van der Waals surface area contributed by atoms with Gasteiger partial charge in [0.2, 0.25) is 0 Å². The zero-order chi connectivity index (χ0) is 12.3. The zero-order valence-corrected chi connectivity index (χ0v) is 9.90. The molecule has 0 radical (unpaired) electrons. The minimum Gasteiger partial charge on any atom is -0.508 e. The number of phenols is 1. The monoisotopic (exact) mass is 235 g/mol. The smallest absolute Gasteiger partial charge is 0.251 e. The maximum atomic E-state index is 12.0. The topological polar surface area (TPSA) is 58.6 Å². The number of benzene rings is 1. The molecule has 1 aromatic carbocycles. The quantitative estimate of drug-likeness (QED) is 0.820. The zero-order valence-electron chi connectivity index (χ0n) is 9.90. The van der Waals surface area contributed by atoms with Gasteiger partial charge in [0.25, 0.3) is 5.91 Å². The number of ether oxygens (including phenoxy) is 1. The molecule has 1 fully saturated rings. The molecule has 1 aliphatic heterocycles. The van der Waals surface area contributed by atoms with Crippen LogP contribution in [0.4, 0.5) is 0 Å². The van der Waals surface area contributed by atoms with E-state index < -0.39 is 0 Å². The van der Waals surface area contributed by atoms with Crippen molar-refractivity contribution in [3.8, 4) is 5.75 Å². The Morgan fingerprint density at radius 3 is 2.76 bits per heavy atom. The van der Waals surface area contributed by atoms with Gasteiger partial charge in [-0.25, -0.2) is 0 Å². The molecular weight excluding hydrogens is 218 g/mol. The van der Waals surface area contributed by atoms with Gasteiger partial charge in [-0.2, -0.15) is 0 Å². The number of phenolic OH excluding ortho intramolecular Hbond substituents is 1. The van der Waals surface area contributed by atoms with Crippen LogP contribution >= 0.6 is 0 Å². The number of amides is 1. The van der Waals surface area contributed by atoms with E-state index in [9.17, 15) is 9.90 Å². The summed E-state index contributed by atoms with van der Waals surface area (Å²) < 4.78 is 5.28. The second kappa shape index (κ2) is 4.75. The molecule has 4 heteroatoms. The van der Waals surface area contributed by atoms with Crippen molar-refractivity contribution in [2.45, 2.75) is 25.3 Å². The van der Waals surface area contributed by atoms with Crippen LogP contribution in [0.25, 0.3) is 0 Å². The van der Waals surface area contributed by atoms with Gasteiger partial charge in [-0.3, -0.25) is 4.79 Å². The molecule has 0 saturated carbocycles. The Balaban J connectivity index is 2.06. The first-order chi connectivity index (χ1) is 8.09. The van der Waals surface area contributed by atoms with Crippen LogP contribution in [0.1, 0.15) is 30.1 Å². The minimum absolute atomic E-state index is 0.106. The van der Waals surface area contributed by atoms with Crippen molar-refractivity contribution in [3.05, 3.63) is 29.8 Å². The second-order valence-electron chi connectivity index (χ2n) is 4.68. The number of aromatic hydroxyl groups is 1. The van der Waals surface area contributed by atoms with Crippen LogP contribution in [0, 0.1) is 0 Å². The van der Waals surface area contributed by atoms with Crippen LogP contribution in [0.2, 0.25) is 0 Å². The third-order valence-corrected chi connectivity index (χ3v) is 3.12. The van der Waals surface area contributed by atoms with Crippen LogP contribution < -0.4 is 5.32 Å². The van der Waals surface area contributed by atoms with Crippen molar-refractivity contribution >= 4 is 5.91 Å². The lowest BCUT2D eigenvalue weighted by atomic mass is 9.92. The number of hydrogen-bond acceptors (Lipinski definition) is 3. The summed E-state index contributed by atoms with van der Waals surface area (Å²) >= 11 is 0. The Morgan fingerprint density at radius 1 is 1.41 bits per heavy atom. The van der Waals surface area contributed by atoms with Crippen LogP contribution in [0.15, 0.2) is 24.3 Å². The highest BCUT2D eigenvalue weighted by atomic mass is 16.5. The summed E-state index contributed by atoms with van der Waals surface area (Å²) in [5.41, 5.74) is 0.276. The van der Waals surface area contributed by atoms with E-state index in [1.807, 2.05) is 6.92 Å². The molecule has 0 aliphatic carbocycles. The van der Waals surface area contributed by atoms with Crippen molar-refractivity contribution in [2.75, 3.05) is 13.2 Å². The molecular formula is C13H17NO3. The summed E-state index contributed by atoms with van der Waals surface area (Å²) in [5.74, 6) is -0.0416. The average Bonchev–Trinajstić information content (AvgIpc) is 2.29. The van der Waals surface area contributed by atoms with Crippen molar-refractivity contribution in [1.82, 2.24) is 5.32 Å². The van der Waals surface area contributed by atoms with E-state index in [4.69, 9.17) is 4.74 Å². The molecule has 1 aliphatic rings. The van der Waals surface area contributed by atoms with Gasteiger partial charge >= 0.3 is 0 Å². The van der Waals surface area contributed by atoms with Gasteiger partial charge in [0.1, 0.15) is 5.75 Å². The van der Waals surface area contributed by atoms with Gasteiger partial charge in [-0.05, 0) is 38.0 Å². The standard InChI is InChI=1S/C13H17NO3/c1-13(5-7-17-8-6-13)14-12(16)10-3-2-4-11(15)9-10/h2-4,9,15H,5-8H2,1H3,(H,14,16). The Hall–Kier alpha value is -1.55. The lowest BCUT2D eigenvalue weighted by Crippen LogP contribution is -2.49. The first-order valence-electron chi connectivity index (χ1n) is 5.78. The van der Waals surface area contributed by atoms with Gasteiger partial charge in [0.05, 0.1) is 0 Å². The van der Waals surface area contributed by atoms with Crippen LogP contribution in [-0.2, 0) is 4.74 Å². The summed E-state index contributed by atoms with van der Waals surface area (Å²) in [4.78, 5) is 12.0. The maximum absolute atomic E-state index is 12.0. The van der Waals surface area contributed by atoms with Gasteiger partial charge in [-0.15, -0.1) is 0 Å². The molecule has 2 N–H and O–H groups in total. The Bertz CT molecular complexity index is 411. The molecule has 0 spiro atoms. The molecule has 0 atom stereocenters. The third-order valence-electron chi connectivity index (χ3n) is 3.12. The molecule has 17 heavy (non-hydrogen) atoms. The molecule has 1 amide bonds. The van der Waals surface area contributed by atoms with Crippen molar-refractivity contribution < 1.29 is 14.6 Å². The number of hydrogen-bond donors (Lipinski definition) is 2. The predicted octanol–water partition coefficient (Wildman–Crippen LogP) is 1.69. The fourth-order valence-corrected chi connectivity index (χ4v) is 1.94. The van der Waals surface area contributed by atoms with Crippen LogP contribution in [-0.4, -0.2) is 29.8 Å². The second-order valence-corrected chi connectivity index (χ2v) is 4.68. The lowest BCUT2D eigenvalue weighted by molar-refractivity contribution is 0.0422. The highest BCUT2D eigenvalue weighted by Crippen LogP contribution is 2.21. The van der Waals surface area contributed by atoms with Gasteiger partial charge < -0.3 is 15.2 Å². The Morgan fingerprint density at radius 2 is 2.12 bits per heavy atom. The SMILES string of the molecule is CC1(NC(=O)c2cccc(O)c2)CCOCC1. The summed E-state index contributed by atoms with van der Waals surface area (Å²) in [6.07, 6.45) is 1.63.